The fraction of sp³-hybridized carbons (Fsp3) is 0.300. The second-order valence-electron chi connectivity index (χ2n) is 6.54. The SMILES string of the molecule is COC(=O)Nc1ccc2c(c1)NC(=O)CCCCC(C(=O)O)c1ccnc-2c1. The number of aromatic nitrogens is 1. The molecule has 2 heterocycles. The lowest BCUT2D eigenvalue weighted by Gasteiger charge is -2.17. The predicted molar refractivity (Wildman–Crippen MR) is 103 cm³/mol. The Hall–Kier alpha value is -3.42. The zero-order valence-corrected chi connectivity index (χ0v) is 15.4. The van der Waals surface area contributed by atoms with E-state index in [1.165, 1.54) is 7.11 Å². The minimum absolute atomic E-state index is 0.180. The number of carboxylic acid groups (broad SMARTS) is 1. The zero-order chi connectivity index (χ0) is 20.1. The van der Waals surface area contributed by atoms with Crippen LogP contribution in [0.25, 0.3) is 11.3 Å². The summed E-state index contributed by atoms with van der Waals surface area (Å²) in [6, 6.07) is 8.45. The smallest absolute Gasteiger partial charge is 0.411 e. The predicted octanol–water partition coefficient (Wildman–Crippen LogP) is 3.61. The monoisotopic (exact) mass is 383 g/mol. The number of ether oxygens (including phenoxy) is 1. The summed E-state index contributed by atoms with van der Waals surface area (Å²) in [4.78, 5) is 39.9. The molecule has 1 aliphatic rings. The van der Waals surface area contributed by atoms with E-state index in [4.69, 9.17) is 0 Å². The summed E-state index contributed by atoms with van der Waals surface area (Å²) in [6.45, 7) is 0. The third kappa shape index (κ3) is 4.46. The van der Waals surface area contributed by atoms with Gasteiger partial charge in [-0.3, -0.25) is 19.9 Å². The number of carbonyl (C=O) groups is 3. The highest BCUT2D eigenvalue weighted by atomic mass is 16.5. The highest BCUT2D eigenvalue weighted by Gasteiger charge is 2.22. The summed E-state index contributed by atoms with van der Waals surface area (Å²) < 4.78 is 4.60. The van der Waals surface area contributed by atoms with Gasteiger partial charge in [-0.05, 0) is 48.7 Å². The average molecular weight is 383 g/mol. The maximum atomic E-state index is 12.3. The molecule has 1 aromatic heterocycles. The summed E-state index contributed by atoms with van der Waals surface area (Å²) in [6.07, 6.45) is 2.90. The van der Waals surface area contributed by atoms with Crippen molar-refractivity contribution < 1.29 is 24.2 Å². The lowest BCUT2D eigenvalue weighted by Crippen LogP contribution is -2.16. The van der Waals surface area contributed by atoms with Gasteiger partial charge in [-0.15, -0.1) is 0 Å². The van der Waals surface area contributed by atoms with Gasteiger partial charge >= 0.3 is 12.1 Å². The number of pyridine rings is 1. The second-order valence-corrected chi connectivity index (χ2v) is 6.54. The molecule has 3 N–H and O–H groups in total. The number of hydrogen-bond donors (Lipinski definition) is 3. The molecule has 0 radical (unpaired) electrons. The first-order chi connectivity index (χ1) is 13.5. The van der Waals surface area contributed by atoms with Crippen molar-refractivity contribution in [3.05, 3.63) is 42.1 Å². The van der Waals surface area contributed by atoms with Gasteiger partial charge in [-0.2, -0.15) is 0 Å². The van der Waals surface area contributed by atoms with Crippen molar-refractivity contribution in [3.63, 3.8) is 0 Å². The summed E-state index contributed by atoms with van der Waals surface area (Å²) >= 11 is 0. The molecule has 0 spiro atoms. The van der Waals surface area contributed by atoms with E-state index in [0.29, 0.717) is 47.5 Å². The van der Waals surface area contributed by atoms with Crippen molar-refractivity contribution in [3.8, 4) is 11.3 Å². The first-order valence-electron chi connectivity index (χ1n) is 8.96. The first-order valence-corrected chi connectivity index (χ1v) is 8.96. The molecule has 1 unspecified atom stereocenters. The van der Waals surface area contributed by atoms with E-state index in [9.17, 15) is 19.5 Å². The van der Waals surface area contributed by atoms with Crippen LogP contribution in [0, 0.1) is 0 Å². The van der Waals surface area contributed by atoms with Crippen LogP contribution in [0.1, 0.15) is 37.2 Å². The first kappa shape index (κ1) is 19.3. The van der Waals surface area contributed by atoms with Crippen LogP contribution in [0.4, 0.5) is 16.2 Å². The van der Waals surface area contributed by atoms with Crippen LogP contribution in [0.15, 0.2) is 36.5 Å². The number of nitrogens with one attached hydrogen (secondary N) is 2. The Kier molecular flexibility index (Phi) is 5.88. The Balaban J connectivity index is 2.08. The van der Waals surface area contributed by atoms with E-state index < -0.39 is 18.0 Å². The van der Waals surface area contributed by atoms with E-state index >= 15 is 0 Å². The van der Waals surface area contributed by atoms with Crippen molar-refractivity contribution in [1.29, 1.82) is 0 Å². The average Bonchev–Trinajstić information content (AvgIpc) is 2.67. The molecule has 28 heavy (non-hydrogen) atoms. The quantitative estimate of drug-likeness (QED) is 0.729. The van der Waals surface area contributed by atoms with Gasteiger partial charge in [0.15, 0.2) is 0 Å². The molecule has 1 aliphatic heterocycles. The maximum Gasteiger partial charge on any atom is 0.411 e. The van der Waals surface area contributed by atoms with Crippen LogP contribution in [-0.4, -0.2) is 35.2 Å². The molecular weight excluding hydrogens is 362 g/mol. The fourth-order valence-electron chi connectivity index (χ4n) is 3.21. The normalized spacial score (nSPS) is 16.6. The molecule has 1 atom stereocenters. The summed E-state index contributed by atoms with van der Waals surface area (Å²) in [5.74, 6) is -1.72. The van der Waals surface area contributed by atoms with Crippen LogP contribution in [0.5, 0.6) is 0 Å². The Morgan fingerprint density at radius 3 is 2.82 bits per heavy atom. The van der Waals surface area contributed by atoms with Crippen LogP contribution in [0.3, 0.4) is 0 Å². The van der Waals surface area contributed by atoms with Crippen molar-refractivity contribution in [2.24, 2.45) is 0 Å². The van der Waals surface area contributed by atoms with Gasteiger partial charge < -0.3 is 15.2 Å². The highest BCUT2D eigenvalue weighted by Crippen LogP contribution is 2.33. The van der Waals surface area contributed by atoms with Gasteiger partial charge in [-0.1, -0.05) is 6.42 Å². The number of rotatable bonds is 2. The molecule has 3 rings (SSSR count). The van der Waals surface area contributed by atoms with Crippen molar-refractivity contribution >= 4 is 29.3 Å². The molecule has 0 saturated carbocycles. The number of anilines is 2. The van der Waals surface area contributed by atoms with E-state index in [1.807, 2.05) is 0 Å². The van der Waals surface area contributed by atoms with E-state index in [1.54, 1.807) is 36.5 Å². The van der Waals surface area contributed by atoms with E-state index in [0.717, 1.165) is 0 Å². The van der Waals surface area contributed by atoms with Crippen LogP contribution >= 0.6 is 0 Å². The molecule has 2 aromatic rings. The third-order valence-corrected chi connectivity index (χ3v) is 4.63. The lowest BCUT2D eigenvalue weighted by atomic mass is 9.92. The van der Waals surface area contributed by atoms with Gasteiger partial charge in [0.05, 0.1) is 24.4 Å². The summed E-state index contributed by atoms with van der Waals surface area (Å²) in [5.41, 5.74) is 2.79. The van der Waals surface area contributed by atoms with Crippen LogP contribution in [0.2, 0.25) is 0 Å². The molecule has 8 nitrogen and oxygen atoms in total. The van der Waals surface area contributed by atoms with Crippen LogP contribution in [-0.2, 0) is 14.3 Å². The molecule has 1 aromatic carbocycles. The minimum Gasteiger partial charge on any atom is -0.481 e. The standard InChI is InChI=1S/C20H21N3O5/c1-28-20(27)22-13-6-7-15-16-10-12(8-9-21-16)14(19(25)26)4-2-3-5-18(24)23-17(15)11-13/h6-11,14H,2-5H2,1H3,(H,22,27)(H,23,24)(H,25,26). The molecule has 146 valence electrons. The summed E-state index contributed by atoms with van der Waals surface area (Å²) in [5, 5.41) is 15.0. The topological polar surface area (TPSA) is 118 Å². The van der Waals surface area contributed by atoms with Crippen molar-refractivity contribution in [1.82, 2.24) is 4.98 Å². The number of fused-ring (bicyclic) bond motifs is 4. The maximum absolute atomic E-state index is 12.3. The number of amides is 2. The molecular formula is C20H21N3O5. The Bertz CT molecular complexity index is 912. The molecule has 0 saturated heterocycles. The lowest BCUT2D eigenvalue weighted by molar-refractivity contribution is -0.139. The molecule has 8 heteroatoms. The molecule has 2 bridgehead atoms. The van der Waals surface area contributed by atoms with Crippen molar-refractivity contribution in [2.75, 3.05) is 17.7 Å². The second kappa shape index (κ2) is 8.51. The largest absolute Gasteiger partial charge is 0.481 e. The molecule has 0 aliphatic carbocycles. The number of benzene rings is 1. The number of hydrogen-bond acceptors (Lipinski definition) is 5. The summed E-state index contributed by atoms with van der Waals surface area (Å²) in [7, 11) is 1.26. The number of nitrogens with zero attached hydrogens (tertiary/aromatic N) is 1. The number of methoxy groups -OCH3 is 1. The van der Waals surface area contributed by atoms with Gasteiger partial charge in [0.2, 0.25) is 5.91 Å². The van der Waals surface area contributed by atoms with Gasteiger partial charge in [-0.25, -0.2) is 4.79 Å². The zero-order valence-electron chi connectivity index (χ0n) is 15.4. The number of carbonyl (C=O) groups excluding carboxylic acids is 2. The third-order valence-electron chi connectivity index (χ3n) is 4.63. The Morgan fingerprint density at radius 1 is 1.25 bits per heavy atom. The number of aliphatic carboxylic acids is 1. The molecule has 2 amide bonds. The van der Waals surface area contributed by atoms with E-state index in [2.05, 4.69) is 20.4 Å². The number of carboxylic acids is 1. The van der Waals surface area contributed by atoms with Crippen LogP contribution < -0.4 is 10.6 Å². The van der Waals surface area contributed by atoms with Gasteiger partial charge in [0.1, 0.15) is 0 Å². The molecule has 0 fully saturated rings. The van der Waals surface area contributed by atoms with E-state index in [-0.39, 0.29) is 12.3 Å². The highest BCUT2D eigenvalue weighted by molar-refractivity contribution is 5.97. The van der Waals surface area contributed by atoms with Crippen molar-refractivity contribution in [2.45, 2.75) is 31.6 Å². The Labute approximate surface area is 161 Å². The van der Waals surface area contributed by atoms with Gasteiger partial charge in [0, 0.05) is 23.9 Å². The fourth-order valence-corrected chi connectivity index (χ4v) is 3.21. The minimum atomic E-state index is -0.892. The Morgan fingerprint density at radius 2 is 2.07 bits per heavy atom. The van der Waals surface area contributed by atoms with Gasteiger partial charge in [0.25, 0.3) is 0 Å².